The Labute approximate surface area is 753 Å². The van der Waals surface area contributed by atoms with E-state index in [9.17, 15) is 38.4 Å². The van der Waals surface area contributed by atoms with Gasteiger partial charge in [-0.3, -0.25) is 43.3 Å². The number of Topliss-reactive ketones (excluding diaryl/α,β-unsaturated/α-hetero) is 2. The van der Waals surface area contributed by atoms with Crippen LogP contribution in [0.3, 0.4) is 0 Å². The Balaban J connectivity index is 0.000000203. The van der Waals surface area contributed by atoms with Crippen LogP contribution in [0.5, 0.6) is 23.0 Å². The first-order valence-corrected chi connectivity index (χ1v) is 47.8. The Morgan fingerprint density at radius 2 is 0.952 bits per heavy atom. The third-order valence-corrected chi connectivity index (χ3v) is 30.1. The largest absolute Gasteiger partial charge is 0.491 e. The number of carbonyl (C=O) groups is 8. The summed E-state index contributed by atoms with van der Waals surface area (Å²) < 4.78 is 59.3. The monoisotopic (exact) mass is 1800 g/mol. The van der Waals surface area contributed by atoms with Gasteiger partial charge in [0.05, 0.1) is 138 Å². The number of nitrogens with zero attached hydrogens (tertiary/aromatic N) is 7. The first kappa shape index (κ1) is 93.5. The van der Waals surface area contributed by atoms with Gasteiger partial charge in [0.1, 0.15) is 70.7 Å². The molecule has 680 valence electrons. The number of esters is 4. The van der Waals surface area contributed by atoms with Gasteiger partial charge in [-0.15, -0.1) is 22.7 Å². The number of hydrogen-bond donors (Lipinski definition) is 0. The molecule has 6 saturated carbocycles. The summed E-state index contributed by atoms with van der Waals surface area (Å²) in [5, 5.41) is 7.86. The number of morpholine rings is 1. The molecule has 17 atom stereocenters. The summed E-state index contributed by atoms with van der Waals surface area (Å²) in [7, 11) is 4.32. The molecule has 29 heteroatoms. The summed E-state index contributed by atoms with van der Waals surface area (Å²) in [6, 6.07) is 9.24. The van der Waals surface area contributed by atoms with Crippen molar-refractivity contribution in [3.8, 4) is 45.8 Å². The Bertz CT molecular complexity index is 4940. The van der Waals surface area contributed by atoms with Crippen molar-refractivity contribution in [3.63, 3.8) is 0 Å². The number of rotatable bonds is 36. The van der Waals surface area contributed by atoms with E-state index in [1.807, 2.05) is 103 Å². The molecule has 125 heavy (non-hydrogen) atoms. The maximum Gasteiger partial charge on any atom is 0.312 e. The number of carbonyl (C=O) groups excluding carboxylic acids is 8. The molecule has 25 nitrogen and oxygen atoms in total. The number of amides is 2. The fraction of sp³-hybridized carbons (Fsp3) is 0.667. The average molecular weight is 1800 g/mol. The van der Waals surface area contributed by atoms with Gasteiger partial charge < -0.3 is 57.2 Å². The van der Waals surface area contributed by atoms with E-state index in [1.165, 1.54) is 27.1 Å². The van der Waals surface area contributed by atoms with Crippen molar-refractivity contribution in [2.45, 2.75) is 248 Å². The zero-order valence-electron chi connectivity index (χ0n) is 75.6. The number of aromatic nitrogens is 4. The van der Waals surface area contributed by atoms with Gasteiger partial charge in [-0.25, -0.2) is 19.9 Å². The normalized spacial score (nSPS) is 26.8. The SMILES string of the molecule is CC[C@@H]1C[C@]1(CC(=O)[C@@H]1C[C@@H](Oc2cc(-c3csc(CC(C)C)n3)nc3c(Cl)c(OCC(C)OC)ccc23)CN1C(=O)[C@@H](CC(=O)OC1C[C@@H]2C[C@@H]2C1)C(C)(C)C)C(=O)OC.CC[C@@H]1C[C@]1(CC(=O)[C@@H]1C[C@@H](Oc2cc(-c3csc(CC(C)C)n3)nc3c(Cl)c(OCCN4CCOCC4)ccc23)CN1C(=O)[C@@H](CC(=O)OC1C[C@@H]2C[C@@H]2C1)C(C)(C)C)C(=O)OC. The van der Waals surface area contributed by atoms with E-state index >= 15 is 0 Å². The van der Waals surface area contributed by atoms with Gasteiger partial charge >= 0.3 is 23.9 Å². The maximum absolute atomic E-state index is 15.0. The van der Waals surface area contributed by atoms with Crippen molar-refractivity contribution in [2.75, 3.05) is 80.5 Å². The average Bonchev–Trinajstić information content (AvgIpc) is 1.57. The fourth-order valence-electron chi connectivity index (χ4n) is 19.9. The van der Waals surface area contributed by atoms with Crippen LogP contribution in [0.2, 0.25) is 10.0 Å². The Morgan fingerprint density at radius 3 is 1.33 bits per heavy atom. The van der Waals surface area contributed by atoms with Crippen LogP contribution in [0.25, 0.3) is 44.6 Å². The molecular weight excluding hydrogens is 1670 g/mol. The summed E-state index contributed by atoms with van der Waals surface area (Å²) >= 11 is 17.4. The highest BCUT2D eigenvalue weighted by molar-refractivity contribution is 7.10. The fourth-order valence-corrected chi connectivity index (χ4v) is 22.4. The number of pyridine rings is 2. The van der Waals surface area contributed by atoms with Crippen molar-refractivity contribution in [3.05, 3.63) is 67.2 Å². The van der Waals surface area contributed by atoms with E-state index in [1.54, 1.807) is 45.6 Å². The number of benzene rings is 2. The Kier molecular flexibility index (Phi) is 29.1. The maximum atomic E-state index is 15.0. The lowest BCUT2D eigenvalue weighted by Gasteiger charge is -2.35. The predicted molar refractivity (Wildman–Crippen MR) is 478 cm³/mol. The summed E-state index contributed by atoms with van der Waals surface area (Å²) in [5.41, 5.74) is 0.347. The van der Waals surface area contributed by atoms with E-state index in [0.29, 0.717) is 146 Å². The van der Waals surface area contributed by atoms with Crippen LogP contribution in [0.4, 0.5) is 0 Å². The van der Waals surface area contributed by atoms with Gasteiger partial charge in [0, 0.05) is 98.9 Å². The van der Waals surface area contributed by atoms with Crippen LogP contribution in [0.15, 0.2) is 47.2 Å². The van der Waals surface area contributed by atoms with Gasteiger partial charge in [-0.1, -0.05) is 119 Å². The topological polar surface area (TPSA) is 290 Å². The lowest BCUT2D eigenvalue weighted by Crippen LogP contribution is -2.48. The molecule has 3 unspecified atom stereocenters. The Morgan fingerprint density at radius 1 is 0.536 bits per heavy atom. The second-order valence-corrected chi connectivity index (χ2v) is 42.4. The lowest BCUT2D eigenvalue weighted by molar-refractivity contribution is -0.157. The zero-order valence-corrected chi connectivity index (χ0v) is 78.7. The number of fused-ring (bicyclic) bond motifs is 4. The summed E-state index contributed by atoms with van der Waals surface area (Å²) in [5.74, 6) is 1.19. The molecule has 0 radical (unpaired) electrons. The second-order valence-electron chi connectivity index (χ2n) is 39.8. The lowest BCUT2D eigenvalue weighted by atomic mass is 9.77. The second kappa shape index (κ2) is 38.9. The number of ketones is 2. The first-order chi connectivity index (χ1) is 59.5. The van der Waals surface area contributed by atoms with Gasteiger partial charge in [-0.05, 0) is 141 Å². The summed E-state index contributed by atoms with van der Waals surface area (Å²) in [6.45, 7) is 30.9. The molecule has 6 aliphatic carbocycles. The minimum atomic E-state index is -0.917. The van der Waals surface area contributed by atoms with Crippen molar-refractivity contribution < 1.29 is 85.7 Å². The van der Waals surface area contributed by atoms with Crippen molar-refractivity contribution >= 4 is 115 Å². The third-order valence-electron chi connectivity index (χ3n) is 27.6. The molecule has 15 rings (SSSR count). The van der Waals surface area contributed by atoms with E-state index in [0.717, 1.165) is 81.0 Å². The van der Waals surface area contributed by atoms with E-state index in [2.05, 4.69) is 32.6 Å². The van der Waals surface area contributed by atoms with Crippen molar-refractivity contribution in [2.24, 2.45) is 80.8 Å². The molecule has 4 aromatic heterocycles. The highest BCUT2D eigenvalue weighted by Crippen LogP contribution is 2.61. The number of thiazole rings is 2. The van der Waals surface area contributed by atoms with Gasteiger partial charge in [0.2, 0.25) is 11.8 Å². The summed E-state index contributed by atoms with van der Waals surface area (Å²) in [4.78, 5) is 138. The molecule has 0 bridgehead atoms. The summed E-state index contributed by atoms with van der Waals surface area (Å²) in [6.07, 6.45) is 8.63. The molecule has 9 fully saturated rings. The molecular formula is C96H127Cl2N7O18S2. The minimum Gasteiger partial charge on any atom is -0.491 e. The Hall–Kier alpha value is -7.66. The molecule has 0 N–H and O–H groups in total. The highest BCUT2D eigenvalue weighted by Gasteiger charge is 2.64. The van der Waals surface area contributed by atoms with Gasteiger partial charge in [-0.2, -0.15) is 0 Å². The van der Waals surface area contributed by atoms with Crippen molar-refractivity contribution in [1.29, 1.82) is 0 Å². The number of halogens is 2. The molecule has 2 amide bonds. The zero-order chi connectivity index (χ0) is 89.5. The van der Waals surface area contributed by atoms with Crippen LogP contribution >= 0.6 is 45.9 Å². The molecule has 7 heterocycles. The predicted octanol–water partition coefficient (Wildman–Crippen LogP) is 17.1. The number of hydrogen-bond acceptors (Lipinski definition) is 25. The van der Waals surface area contributed by atoms with Gasteiger partial charge in [0.15, 0.2) is 11.6 Å². The molecule has 3 saturated heterocycles. The third kappa shape index (κ3) is 21.6. The molecule has 6 aromatic rings. The van der Waals surface area contributed by atoms with E-state index in [-0.39, 0.29) is 112 Å². The molecule has 2 aromatic carbocycles. The highest BCUT2D eigenvalue weighted by atomic mass is 35.5. The number of ether oxygens (including phenoxy) is 10. The minimum absolute atomic E-state index is 0.0184. The van der Waals surface area contributed by atoms with E-state index in [4.69, 9.17) is 90.5 Å². The van der Waals surface area contributed by atoms with Crippen LogP contribution in [-0.4, -0.2) is 205 Å². The molecule has 0 spiro atoms. The van der Waals surface area contributed by atoms with Crippen LogP contribution < -0.4 is 18.9 Å². The quantitative estimate of drug-likeness (QED) is 0.0261. The number of methoxy groups -OCH3 is 3. The van der Waals surface area contributed by atoms with Gasteiger partial charge in [0.25, 0.3) is 0 Å². The van der Waals surface area contributed by atoms with E-state index < -0.39 is 81.7 Å². The first-order valence-electron chi connectivity index (χ1n) is 45.3. The van der Waals surface area contributed by atoms with Crippen LogP contribution in [0, 0.1) is 80.8 Å². The number of likely N-dealkylation sites (tertiary alicyclic amines) is 2. The molecule has 3 aliphatic heterocycles. The van der Waals surface area contributed by atoms with Crippen LogP contribution in [-0.2, 0) is 79.6 Å². The smallest absolute Gasteiger partial charge is 0.312 e. The van der Waals surface area contributed by atoms with Crippen LogP contribution in [0.1, 0.15) is 203 Å². The standard InChI is InChI=1S/C49H65ClN4O9S.C47H62ClN3O9S/c1-8-31-24-49(31,47(58)59-7)25-39(55)38-21-33(26-54(38)46(57)35(48(4,5)6)22-43(56)63-32-19-29-18-30(29)20-32)62-41-23-36(37-27-64-42(51-37)17-28(2)3)52-45-34(41)9-10-40(44(45)50)61-16-13-53-11-14-60-15-12-53;1-10-29-20-47(29,45(55)57-9)21-37(52)36-17-31(22-51(36)44(54)33(46(5,6)7)18-41(53)60-30-15-27-14-28(27)16-30)59-39-19-34(35-24-61-40(49-35)13-25(2)3)50-43-32(39)11-12-38(42(43)48)58-23-26(4)56-8/h9-10,23,27-33,35,38H,8,11-22,24-26H2,1-7H3;11-12,19,24-31,33,36H,10,13-18,20-23H2,1-9H3/t29-,30+,31-,32?,33-,35-,38+,49-;26?,27-,28+,29-,30?,31-,33-,36+,47-/m11/s1. The molecule has 9 aliphatic rings. The van der Waals surface area contributed by atoms with Crippen molar-refractivity contribution in [1.82, 2.24) is 34.6 Å².